The molecule has 0 unspecified atom stereocenters. The van der Waals surface area contributed by atoms with Crippen molar-refractivity contribution in [3.63, 3.8) is 0 Å². The molecule has 0 fully saturated rings. The van der Waals surface area contributed by atoms with Crippen molar-refractivity contribution in [2.75, 3.05) is 6.67 Å². The van der Waals surface area contributed by atoms with Gasteiger partial charge in [-0.15, -0.1) is 0 Å². The predicted octanol–water partition coefficient (Wildman–Crippen LogP) is 4.77. The number of benzene rings is 2. The summed E-state index contributed by atoms with van der Waals surface area (Å²) < 4.78 is 18.3. The van der Waals surface area contributed by atoms with Crippen LogP contribution in [0.25, 0.3) is 6.08 Å². The van der Waals surface area contributed by atoms with E-state index in [1.54, 1.807) is 12.2 Å². The Morgan fingerprint density at radius 2 is 1.60 bits per heavy atom. The minimum absolute atomic E-state index is 0.334. The Hall–Kier alpha value is -2.35. The molecule has 0 N–H and O–H groups in total. The van der Waals surface area contributed by atoms with Gasteiger partial charge in [0.1, 0.15) is 19.0 Å². The second kappa shape index (κ2) is 7.95. The van der Waals surface area contributed by atoms with E-state index in [-0.39, 0.29) is 0 Å². The van der Waals surface area contributed by atoms with Gasteiger partial charge in [-0.05, 0) is 17.2 Å². The van der Waals surface area contributed by atoms with Crippen molar-refractivity contribution in [2.45, 2.75) is 6.61 Å². The number of hydrogen-bond donors (Lipinski definition) is 0. The topological polar surface area (TPSA) is 9.23 Å². The number of alkyl halides is 1. The van der Waals surface area contributed by atoms with Gasteiger partial charge in [-0.1, -0.05) is 72.8 Å². The first-order valence-corrected chi connectivity index (χ1v) is 6.53. The van der Waals surface area contributed by atoms with E-state index >= 15 is 0 Å². The summed E-state index contributed by atoms with van der Waals surface area (Å²) in [6.45, 7) is -0.221. The number of rotatable bonds is 6. The van der Waals surface area contributed by atoms with Crippen molar-refractivity contribution in [3.05, 3.63) is 89.7 Å². The number of halogens is 1. The third kappa shape index (κ3) is 4.73. The van der Waals surface area contributed by atoms with Crippen LogP contribution in [-0.2, 0) is 11.3 Å². The Bertz CT molecular complexity index is 558. The molecule has 0 heterocycles. The van der Waals surface area contributed by atoms with Gasteiger partial charge in [0.2, 0.25) is 0 Å². The van der Waals surface area contributed by atoms with E-state index in [0.29, 0.717) is 12.4 Å². The van der Waals surface area contributed by atoms with E-state index in [0.717, 1.165) is 11.1 Å². The van der Waals surface area contributed by atoms with Crippen LogP contribution in [0.2, 0.25) is 0 Å². The molecule has 2 aromatic rings. The Balaban J connectivity index is 1.91. The van der Waals surface area contributed by atoms with Crippen molar-refractivity contribution in [3.8, 4) is 0 Å². The molecule has 20 heavy (non-hydrogen) atoms. The highest BCUT2D eigenvalue weighted by Gasteiger charge is 1.97. The lowest BCUT2D eigenvalue weighted by Crippen LogP contribution is -1.95. The van der Waals surface area contributed by atoms with E-state index in [1.807, 2.05) is 66.7 Å². The quantitative estimate of drug-likeness (QED) is 0.541. The zero-order chi connectivity index (χ0) is 14.0. The fourth-order valence-electron chi connectivity index (χ4n) is 1.71. The van der Waals surface area contributed by atoms with Crippen LogP contribution < -0.4 is 0 Å². The van der Waals surface area contributed by atoms with E-state index in [4.69, 9.17) is 4.74 Å². The van der Waals surface area contributed by atoms with Crippen molar-refractivity contribution >= 4 is 6.08 Å². The summed E-state index contributed by atoms with van der Waals surface area (Å²) in [6.07, 6.45) is 5.38. The van der Waals surface area contributed by atoms with Gasteiger partial charge in [0.15, 0.2) is 0 Å². The summed E-state index contributed by atoms with van der Waals surface area (Å²) in [6, 6.07) is 19.6. The molecule has 0 aromatic heterocycles. The molecule has 0 atom stereocenters. The maximum Gasteiger partial charge on any atom is 0.147 e. The fourth-order valence-corrected chi connectivity index (χ4v) is 1.71. The molecule has 2 rings (SSSR count). The van der Waals surface area contributed by atoms with Gasteiger partial charge < -0.3 is 4.74 Å². The van der Waals surface area contributed by atoms with Crippen molar-refractivity contribution in [2.24, 2.45) is 0 Å². The predicted molar refractivity (Wildman–Crippen MR) is 80.8 cm³/mol. The van der Waals surface area contributed by atoms with Crippen LogP contribution in [0, 0.1) is 0 Å². The molecule has 2 aromatic carbocycles. The highest BCUT2D eigenvalue weighted by molar-refractivity contribution is 5.50. The van der Waals surface area contributed by atoms with Crippen LogP contribution in [0.5, 0.6) is 0 Å². The summed E-state index contributed by atoms with van der Waals surface area (Å²) in [5.41, 5.74) is 2.10. The average Bonchev–Trinajstić information content (AvgIpc) is 2.52. The summed E-state index contributed by atoms with van der Waals surface area (Å²) in [5.74, 6) is 0.334. The SMILES string of the molecule is FC/C(=C/C=C\c1ccccc1)OCc1ccccc1. The Morgan fingerprint density at radius 1 is 0.950 bits per heavy atom. The Labute approximate surface area is 119 Å². The highest BCUT2D eigenvalue weighted by Crippen LogP contribution is 2.08. The Kier molecular flexibility index (Phi) is 5.59. The molecule has 0 saturated heterocycles. The largest absolute Gasteiger partial charge is 0.490 e. The number of allylic oxidation sites excluding steroid dienone is 3. The number of hydrogen-bond acceptors (Lipinski definition) is 1. The van der Waals surface area contributed by atoms with Gasteiger partial charge in [0.05, 0.1) is 0 Å². The first kappa shape index (κ1) is 14.1. The maximum absolute atomic E-state index is 12.9. The van der Waals surface area contributed by atoms with Gasteiger partial charge in [0.25, 0.3) is 0 Å². The lowest BCUT2D eigenvalue weighted by molar-refractivity contribution is 0.177. The lowest BCUT2D eigenvalue weighted by Gasteiger charge is -2.06. The molecule has 1 nitrogen and oxygen atoms in total. The zero-order valence-corrected chi connectivity index (χ0v) is 11.2. The molecule has 0 radical (unpaired) electrons. The second-order valence-electron chi connectivity index (χ2n) is 4.31. The summed E-state index contributed by atoms with van der Waals surface area (Å²) >= 11 is 0. The van der Waals surface area contributed by atoms with Crippen molar-refractivity contribution in [1.29, 1.82) is 0 Å². The summed E-state index contributed by atoms with van der Waals surface area (Å²) in [4.78, 5) is 0. The second-order valence-corrected chi connectivity index (χ2v) is 4.31. The average molecular weight is 268 g/mol. The van der Waals surface area contributed by atoms with Gasteiger partial charge >= 0.3 is 0 Å². The summed E-state index contributed by atoms with van der Waals surface area (Å²) in [7, 11) is 0. The van der Waals surface area contributed by atoms with Gasteiger partial charge in [-0.2, -0.15) is 0 Å². The molecule has 0 amide bonds. The first-order valence-electron chi connectivity index (χ1n) is 6.53. The molecule has 2 heteroatoms. The highest BCUT2D eigenvalue weighted by atomic mass is 19.1. The zero-order valence-electron chi connectivity index (χ0n) is 11.2. The van der Waals surface area contributed by atoms with Gasteiger partial charge in [-0.25, -0.2) is 4.39 Å². The Morgan fingerprint density at radius 3 is 2.25 bits per heavy atom. The molecule has 0 aliphatic heterocycles. The number of ether oxygens (including phenoxy) is 1. The smallest absolute Gasteiger partial charge is 0.147 e. The molecule has 102 valence electrons. The van der Waals surface area contributed by atoms with E-state index in [2.05, 4.69) is 0 Å². The van der Waals surface area contributed by atoms with Crippen LogP contribution in [-0.4, -0.2) is 6.67 Å². The standard InChI is InChI=1S/C18H17FO/c19-14-18(20-15-17-10-5-2-6-11-17)13-7-12-16-8-3-1-4-9-16/h1-13H,14-15H2/b12-7-,18-13-. The van der Waals surface area contributed by atoms with E-state index in [9.17, 15) is 4.39 Å². The van der Waals surface area contributed by atoms with Crippen molar-refractivity contribution < 1.29 is 9.13 Å². The van der Waals surface area contributed by atoms with Gasteiger partial charge in [0, 0.05) is 0 Å². The molecule has 0 aliphatic rings. The van der Waals surface area contributed by atoms with Crippen LogP contribution in [0.15, 0.2) is 78.6 Å². The monoisotopic (exact) mass is 268 g/mol. The van der Waals surface area contributed by atoms with Gasteiger partial charge in [-0.3, -0.25) is 0 Å². The molecular formula is C18H17FO. The minimum Gasteiger partial charge on any atom is -0.490 e. The molecule has 0 aliphatic carbocycles. The van der Waals surface area contributed by atoms with E-state index in [1.165, 1.54) is 0 Å². The lowest BCUT2D eigenvalue weighted by atomic mass is 10.2. The van der Waals surface area contributed by atoms with Crippen molar-refractivity contribution in [1.82, 2.24) is 0 Å². The van der Waals surface area contributed by atoms with Crippen LogP contribution in [0.4, 0.5) is 4.39 Å². The minimum atomic E-state index is -0.605. The van der Waals surface area contributed by atoms with Crippen LogP contribution in [0.3, 0.4) is 0 Å². The molecular weight excluding hydrogens is 251 g/mol. The third-order valence-electron chi connectivity index (χ3n) is 2.77. The summed E-state index contributed by atoms with van der Waals surface area (Å²) in [5, 5.41) is 0. The molecule has 0 bridgehead atoms. The maximum atomic E-state index is 12.9. The molecule has 0 saturated carbocycles. The van der Waals surface area contributed by atoms with E-state index < -0.39 is 6.67 Å². The third-order valence-corrected chi connectivity index (χ3v) is 2.77. The first-order chi connectivity index (χ1) is 9.88. The fraction of sp³-hybridized carbons (Fsp3) is 0.111. The van der Waals surface area contributed by atoms with Crippen LogP contribution in [0.1, 0.15) is 11.1 Å². The van der Waals surface area contributed by atoms with Crippen LogP contribution >= 0.6 is 0 Å². The molecule has 0 spiro atoms. The normalized spacial score (nSPS) is 11.8.